The van der Waals surface area contributed by atoms with E-state index in [0.29, 0.717) is 24.4 Å². The van der Waals surface area contributed by atoms with E-state index in [9.17, 15) is 9.90 Å². The molecule has 2 aromatic rings. The van der Waals surface area contributed by atoms with Gasteiger partial charge in [0, 0.05) is 6.54 Å². The van der Waals surface area contributed by atoms with Crippen LogP contribution in [0.2, 0.25) is 0 Å². The summed E-state index contributed by atoms with van der Waals surface area (Å²) in [7, 11) is 0. The number of ether oxygens (including phenoxy) is 1. The number of carboxylic acid groups (broad SMARTS) is 1. The van der Waals surface area contributed by atoms with Gasteiger partial charge in [-0.25, -0.2) is 4.79 Å². The Morgan fingerprint density at radius 2 is 1.86 bits per heavy atom. The van der Waals surface area contributed by atoms with Crippen LogP contribution in [0.1, 0.15) is 27.9 Å². The summed E-state index contributed by atoms with van der Waals surface area (Å²) >= 11 is 0. The van der Waals surface area contributed by atoms with Gasteiger partial charge in [-0.15, -0.1) is 0 Å². The molecule has 0 amide bonds. The summed E-state index contributed by atoms with van der Waals surface area (Å²) in [6, 6.07) is 13.2. The lowest BCUT2D eigenvalue weighted by Gasteiger charge is -2.13. The van der Waals surface area contributed by atoms with E-state index in [1.54, 1.807) is 12.1 Å². The Morgan fingerprint density at radius 1 is 1.14 bits per heavy atom. The van der Waals surface area contributed by atoms with Crippen molar-refractivity contribution in [2.75, 3.05) is 18.5 Å². The van der Waals surface area contributed by atoms with E-state index in [0.717, 1.165) is 17.7 Å². The fraction of sp³-hybridized carbons (Fsp3) is 0.278. The topological polar surface area (TPSA) is 58.6 Å². The quantitative estimate of drug-likeness (QED) is 0.762. The molecule has 0 aliphatic carbocycles. The van der Waals surface area contributed by atoms with Crippen molar-refractivity contribution in [1.29, 1.82) is 0 Å². The lowest BCUT2D eigenvalue weighted by atomic mass is 10.1. The van der Waals surface area contributed by atoms with Gasteiger partial charge in [-0.05, 0) is 44.0 Å². The maximum atomic E-state index is 11.2. The first kappa shape index (κ1) is 15.9. The molecule has 2 rings (SSSR count). The average Bonchev–Trinajstić information content (AvgIpc) is 2.50. The first-order valence-electron chi connectivity index (χ1n) is 7.34. The lowest BCUT2D eigenvalue weighted by molar-refractivity contribution is 0.0698. The van der Waals surface area contributed by atoms with E-state index < -0.39 is 5.97 Å². The Morgan fingerprint density at radius 3 is 2.55 bits per heavy atom. The van der Waals surface area contributed by atoms with Crippen molar-refractivity contribution in [3.8, 4) is 5.75 Å². The molecule has 0 saturated heterocycles. The van der Waals surface area contributed by atoms with E-state index in [1.807, 2.05) is 44.2 Å². The van der Waals surface area contributed by atoms with Gasteiger partial charge in [0.05, 0.1) is 17.9 Å². The van der Waals surface area contributed by atoms with Gasteiger partial charge in [0.2, 0.25) is 0 Å². The second-order valence-corrected chi connectivity index (χ2v) is 5.24. The predicted octanol–water partition coefficient (Wildman–Crippen LogP) is 3.88. The fourth-order valence-electron chi connectivity index (χ4n) is 2.19. The van der Waals surface area contributed by atoms with Crippen molar-refractivity contribution in [2.24, 2.45) is 0 Å². The molecule has 2 aromatic carbocycles. The number of aromatic carboxylic acids is 1. The number of nitrogens with one attached hydrogen (secondary N) is 1. The summed E-state index contributed by atoms with van der Waals surface area (Å²) < 4.78 is 5.65. The van der Waals surface area contributed by atoms with Crippen LogP contribution in [0, 0.1) is 13.8 Å². The molecule has 0 radical (unpaired) electrons. The molecule has 4 nitrogen and oxygen atoms in total. The van der Waals surface area contributed by atoms with Crippen molar-refractivity contribution in [1.82, 2.24) is 0 Å². The molecule has 4 heteroatoms. The normalized spacial score (nSPS) is 10.3. The molecular formula is C18H21NO3. The van der Waals surface area contributed by atoms with Crippen LogP contribution in [0.15, 0.2) is 42.5 Å². The van der Waals surface area contributed by atoms with Crippen molar-refractivity contribution < 1.29 is 14.6 Å². The number of benzene rings is 2. The third-order valence-electron chi connectivity index (χ3n) is 3.42. The Bertz CT molecular complexity index is 635. The highest BCUT2D eigenvalue weighted by atomic mass is 16.5. The van der Waals surface area contributed by atoms with E-state index in [2.05, 4.69) is 5.32 Å². The summed E-state index contributed by atoms with van der Waals surface area (Å²) in [5, 5.41) is 12.4. The van der Waals surface area contributed by atoms with Crippen LogP contribution in [0.25, 0.3) is 0 Å². The summed E-state index contributed by atoms with van der Waals surface area (Å²) in [4.78, 5) is 11.2. The monoisotopic (exact) mass is 299 g/mol. The Balaban J connectivity index is 1.82. The standard InChI is InChI=1S/C18H21NO3/c1-13-7-9-15(10-8-13)22-12-4-11-19-17-14(2)5-3-6-16(17)18(20)21/h3,5-10,19H,4,11-12H2,1-2H3,(H,20,21). The third kappa shape index (κ3) is 4.25. The fourth-order valence-corrected chi connectivity index (χ4v) is 2.19. The second kappa shape index (κ2) is 7.50. The van der Waals surface area contributed by atoms with E-state index in [1.165, 1.54) is 5.56 Å². The molecule has 116 valence electrons. The minimum atomic E-state index is -0.915. The van der Waals surface area contributed by atoms with E-state index in [-0.39, 0.29) is 0 Å². The first-order valence-corrected chi connectivity index (χ1v) is 7.34. The van der Waals surface area contributed by atoms with Gasteiger partial charge in [-0.2, -0.15) is 0 Å². The second-order valence-electron chi connectivity index (χ2n) is 5.24. The van der Waals surface area contributed by atoms with Gasteiger partial charge in [0.15, 0.2) is 0 Å². The molecule has 0 saturated carbocycles. The molecule has 0 heterocycles. The lowest BCUT2D eigenvalue weighted by Crippen LogP contribution is -2.11. The zero-order valence-electron chi connectivity index (χ0n) is 12.9. The van der Waals surface area contributed by atoms with Gasteiger partial charge < -0.3 is 15.2 Å². The summed E-state index contributed by atoms with van der Waals surface area (Å²) in [5.74, 6) is -0.0603. The molecule has 0 spiro atoms. The maximum Gasteiger partial charge on any atom is 0.337 e. The average molecular weight is 299 g/mol. The Hall–Kier alpha value is -2.49. The van der Waals surface area contributed by atoms with E-state index in [4.69, 9.17) is 4.74 Å². The van der Waals surface area contributed by atoms with Crippen molar-refractivity contribution in [2.45, 2.75) is 20.3 Å². The first-order chi connectivity index (χ1) is 10.6. The minimum Gasteiger partial charge on any atom is -0.494 e. The molecule has 0 atom stereocenters. The number of rotatable bonds is 7. The van der Waals surface area contributed by atoms with Gasteiger partial charge in [-0.3, -0.25) is 0 Å². The zero-order valence-corrected chi connectivity index (χ0v) is 12.9. The molecule has 0 unspecified atom stereocenters. The Kier molecular flexibility index (Phi) is 5.42. The molecule has 0 aliphatic rings. The van der Waals surface area contributed by atoms with Crippen LogP contribution in [-0.2, 0) is 0 Å². The summed E-state index contributed by atoms with van der Waals surface area (Å²) in [5.41, 5.74) is 3.12. The van der Waals surface area contributed by atoms with E-state index >= 15 is 0 Å². The summed E-state index contributed by atoms with van der Waals surface area (Å²) in [6.07, 6.45) is 0.793. The van der Waals surface area contributed by atoms with Crippen LogP contribution in [0.4, 0.5) is 5.69 Å². The SMILES string of the molecule is Cc1ccc(OCCCNc2c(C)cccc2C(=O)O)cc1. The molecule has 2 N–H and O–H groups in total. The van der Waals surface area contributed by atoms with Crippen molar-refractivity contribution >= 4 is 11.7 Å². The van der Waals surface area contributed by atoms with Crippen molar-refractivity contribution in [3.63, 3.8) is 0 Å². The highest BCUT2D eigenvalue weighted by molar-refractivity contribution is 5.95. The number of aryl methyl sites for hydroxylation is 2. The number of hydrogen-bond donors (Lipinski definition) is 2. The van der Waals surface area contributed by atoms with Crippen LogP contribution >= 0.6 is 0 Å². The predicted molar refractivity (Wildman–Crippen MR) is 87.9 cm³/mol. The number of carboxylic acids is 1. The van der Waals surface area contributed by atoms with Gasteiger partial charge >= 0.3 is 5.97 Å². The summed E-state index contributed by atoms with van der Waals surface area (Å²) in [6.45, 7) is 5.19. The molecule has 0 fully saturated rings. The zero-order chi connectivity index (χ0) is 15.9. The number of para-hydroxylation sites is 1. The smallest absolute Gasteiger partial charge is 0.337 e. The van der Waals surface area contributed by atoms with Crippen LogP contribution in [0.3, 0.4) is 0 Å². The molecule has 0 aliphatic heterocycles. The number of hydrogen-bond acceptors (Lipinski definition) is 3. The van der Waals surface area contributed by atoms with Gasteiger partial charge in [0.1, 0.15) is 5.75 Å². The van der Waals surface area contributed by atoms with Crippen LogP contribution in [-0.4, -0.2) is 24.2 Å². The van der Waals surface area contributed by atoms with Crippen LogP contribution < -0.4 is 10.1 Å². The van der Waals surface area contributed by atoms with Gasteiger partial charge in [-0.1, -0.05) is 29.8 Å². The number of anilines is 1. The van der Waals surface area contributed by atoms with Crippen LogP contribution in [0.5, 0.6) is 5.75 Å². The third-order valence-corrected chi connectivity index (χ3v) is 3.42. The highest BCUT2D eigenvalue weighted by Gasteiger charge is 2.11. The Labute approximate surface area is 130 Å². The molecule has 0 aromatic heterocycles. The van der Waals surface area contributed by atoms with Crippen molar-refractivity contribution in [3.05, 3.63) is 59.2 Å². The highest BCUT2D eigenvalue weighted by Crippen LogP contribution is 2.20. The molecular weight excluding hydrogens is 278 g/mol. The maximum absolute atomic E-state index is 11.2. The van der Waals surface area contributed by atoms with Gasteiger partial charge in [0.25, 0.3) is 0 Å². The number of carbonyl (C=O) groups is 1. The molecule has 0 bridgehead atoms. The minimum absolute atomic E-state index is 0.305. The largest absolute Gasteiger partial charge is 0.494 e. The molecule has 22 heavy (non-hydrogen) atoms.